The van der Waals surface area contributed by atoms with E-state index in [1.807, 2.05) is 0 Å². The molecule has 1 aliphatic rings. The Balaban J connectivity index is 2.55. The van der Waals surface area contributed by atoms with Gasteiger partial charge < -0.3 is 9.47 Å². The third kappa shape index (κ3) is 3.57. The van der Waals surface area contributed by atoms with Gasteiger partial charge in [-0.15, -0.1) is 0 Å². The Hall–Kier alpha value is -0.210. The van der Waals surface area contributed by atoms with Crippen LogP contribution in [-0.2, 0) is 24.1 Å². The Bertz CT molecular complexity index is 248. The van der Waals surface area contributed by atoms with Crippen molar-refractivity contribution in [3.8, 4) is 0 Å². The van der Waals surface area contributed by atoms with Crippen LogP contribution in [0.3, 0.4) is 0 Å². The zero-order valence-electron chi connectivity index (χ0n) is 7.17. The van der Waals surface area contributed by atoms with Gasteiger partial charge in [-0.05, 0) is 6.42 Å². The predicted octanol–water partition coefficient (Wildman–Crippen LogP) is -0.390. The molecule has 1 N–H and O–H groups in total. The average Bonchev–Trinajstić information content (AvgIpc) is 2.02. The van der Waals surface area contributed by atoms with Gasteiger partial charge in [0.25, 0.3) is 0 Å². The lowest BCUT2D eigenvalue weighted by molar-refractivity contribution is -0.0903. The summed E-state index contributed by atoms with van der Waals surface area (Å²) in [6.45, 7) is 0.613. The van der Waals surface area contributed by atoms with Gasteiger partial charge >= 0.3 is 10.4 Å². The van der Waals surface area contributed by atoms with E-state index < -0.39 is 16.5 Å². The molecule has 1 aliphatic heterocycles. The van der Waals surface area contributed by atoms with Crippen molar-refractivity contribution in [2.75, 3.05) is 20.3 Å². The first-order valence-electron chi connectivity index (χ1n) is 3.79. The lowest BCUT2D eigenvalue weighted by atomic mass is 10.1. The van der Waals surface area contributed by atoms with Gasteiger partial charge in [-0.3, -0.25) is 4.55 Å². The van der Waals surface area contributed by atoms with E-state index in [0.717, 1.165) is 0 Å². The van der Waals surface area contributed by atoms with E-state index in [4.69, 9.17) is 14.0 Å². The third-order valence-corrected chi connectivity index (χ3v) is 2.28. The summed E-state index contributed by atoms with van der Waals surface area (Å²) in [6, 6.07) is 0. The molecular weight excluding hydrogens is 200 g/mol. The van der Waals surface area contributed by atoms with Gasteiger partial charge in [0.15, 0.2) is 0 Å². The maximum atomic E-state index is 10.4. The highest BCUT2D eigenvalue weighted by Crippen LogP contribution is 2.15. The maximum Gasteiger partial charge on any atom is 0.397 e. The monoisotopic (exact) mass is 212 g/mol. The molecule has 0 aromatic carbocycles. The molecule has 0 bridgehead atoms. The molecule has 0 radical (unpaired) electrons. The Kier molecular flexibility index (Phi) is 3.63. The lowest BCUT2D eigenvalue weighted by Crippen LogP contribution is -2.41. The fraction of sp³-hybridized carbons (Fsp3) is 1.00. The number of hydrogen-bond donors (Lipinski definition) is 1. The van der Waals surface area contributed by atoms with E-state index in [2.05, 4.69) is 4.18 Å². The zero-order chi connectivity index (χ0) is 9.90. The SMILES string of the molecule is CO[C@@H]1CCOCC1OS(=O)(=O)O. The molecule has 1 saturated heterocycles. The standard InChI is InChI=1S/C6H12O6S/c1-10-5-2-3-11-4-6(5)12-13(7,8)9/h5-6H,2-4H2,1H3,(H,7,8,9)/t5-,6?/m1/s1. The van der Waals surface area contributed by atoms with Gasteiger partial charge in [0.1, 0.15) is 6.10 Å². The van der Waals surface area contributed by atoms with Crippen LogP contribution in [0.2, 0.25) is 0 Å². The van der Waals surface area contributed by atoms with E-state index in [9.17, 15) is 8.42 Å². The van der Waals surface area contributed by atoms with Crippen LogP contribution in [0.25, 0.3) is 0 Å². The van der Waals surface area contributed by atoms with Crippen molar-refractivity contribution in [3.05, 3.63) is 0 Å². The fourth-order valence-electron chi connectivity index (χ4n) is 1.21. The van der Waals surface area contributed by atoms with E-state index in [1.54, 1.807) is 0 Å². The molecule has 1 rings (SSSR count). The molecule has 1 fully saturated rings. The Morgan fingerprint density at radius 2 is 2.15 bits per heavy atom. The van der Waals surface area contributed by atoms with Crippen molar-refractivity contribution in [2.45, 2.75) is 18.6 Å². The molecule has 0 spiro atoms. The third-order valence-electron chi connectivity index (χ3n) is 1.79. The Morgan fingerprint density at radius 1 is 1.46 bits per heavy atom. The second-order valence-electron chi connectivity index (χ2n) is 2.70. The maximum absolute atomic E-state index is 10.4. The molecule has 1 unspecified atom stereocenters. The van der Waals surface area contributed by atoms with Gasteiger partial charge in [-0.2, -0.15) is 8.42 Å². The van der Waals surface area contributed by atoms with Crippen molar-refractivity contribution in [2.24, 2.45) is 0 Å². The molecule has 0 saturated carbocycles. The number of hydrogen-bond acceptors (Lipinski definition) is 5. The largest absolute Gasteiger partial charge is 0.397 e. The van der Waals surface area contributed by atoms with Gasteiger partial charge in [-0.25, -0.2) is 4.18 Å². The minimum atomic E-state index is -4.43. The highest BCUT2D eigenvalue weighted by Gasteiger charge is 2.30. The Labute approximate surface area is 76.7 Å². The van der Waals surface area contributed by atoms with Crippen LogP contribution >= 0.6 is 0 Å². The highest BCUT2D eigenvalue weighted by atomic mass is 32.3. The topological polar surface area (TPSA) is 82.1 Å². The van der Waals surface area contributed by atoms with Crippen LogP contribution < -0.4 is 0 Å². The van der Waals surface area contributed by atoms with Gasteiger partial charge in [0, 0.05) is 13.7 Å². The lowest BCUT2D eigenvalue weighted by Gasteiger charge is -2.28. The smallest absolute Gasteiger partial charge is 0.379 e. The predicted molar refractivity (Wildman–Crippen MR) is 42.7 cm³/mol. The summed E-state index contributed by atoms with van der Waals surface area (Å²) < 4.78 is 43.5. The van der Waals surface area contributed by atoms with Crippen molar-refractivity contribution in [3.63, 3.8) is 0 Å². The second kappa shape index (κ2) is 4.34. The first kappa shape index (κ1) is 10.9. The van der Waals surface area contributed by atoms with E-state index in [0.29, 0.717) is 13.0 Å². The zero-order valence-corrected chi connectivity index (χ0v) is 7.99. The minimum absolute atomic E-state index is 0.109. The highest BCUT2D eigenvalue weighted by molar-refractivity contribution is 7.80. The minimum Gasteiger partial charge on any atom is -0.379 e. The van der Waals surface area contributed by atoms with Gasteiger partial charge in [0.2, 0.25) is 0 Å². The molecular formula is C6H12O6S. The molecule has 0 amide bonds. The molecule has 6 nitrogen and oxygen atoms in total. The molecule has 0 aromatic rings. The quantitative estimate of drug-likeness (QED) is 0.641. The average molecular weight is 212 g/mol. The molecule has 7 heteroatoms. The molecule has 78 valence electrons. The summed E-state index contributed by atoms with van der Waals surface area (Å²) in [5.74, 6) is 0. The van der Waals surface area contributed by atoms with E-state index in [-0.39, 0.29) is 12.7 Å². The van der Waals surface area contributed by atoms with Crippen LogP contribution in [0.1, 0.15) is 6.42 Å². The summed E-state index contributed by atoms with van der Waals surface area (Å²) in [5.41, 5.74) is 0. The molecule has 0 aliphatic carbocycles. The second-order valence-corrected chi connectivity index (χ2v) is 3.75. The first-order valence-corrected chi connectivity index (χ1v) is 5.15. The van der Waals surface area contributed by atoms with Crippen LogP contribution in [0.15, 0.2) is 0 Å². The summed E-state index contributed by atoms with van der Waals surface area (Å²) >= 11 is 0. The van der Waals surface area contributed by atoms with Crippen molar-refractivity contribution in [1.82, 2.24) is 0 Å². The number of methoxy groups -OCH3 is 1. The normalized spacial score (nSPS) is 30.3. The van der Waals surface area contributed by atoms with Crippen LogP contribution in [0.5, 0.6) is 0 Å². The fourth-order valence-corrected chi connectivity index (χ4v) is 1.70. The first-order chi connectivity index (χ1) is 6.03. The number of ether oxygens (including phenoxy) is 2. The van der Waals surface area contributed by atoms with Crippen LogP contribution in [0.4, 0.5) is 0 Å². The summed E-state index contributed by atoms with van der Waals surface area (Å²) in [5, 5.41) is 0. The molecule has 2 atom stereocenters. The van der Waals surface area contributed by atoms with Crippen molar-refractivity contribution < 1.29 is 26.6 Å². The van der Waals surface area contributed by atoms with Crippen LogP contribution in [-0.4, -0.2) is 45.5 Å². The van der Waals surface area contributed by atoms with Crippen LogP contribution in [0, 0.1) is 0 Å². The van der Waals surface area contributed by atoms with E-state index >= 15 is 0 Å². The van der Waals surface area contributed by atoms with E-state index in [1.165, 1.54) is 7.11 Å². The molecule has 1 heterocycles. The van der Waals surface area contributed by atoms with Gasteiger partial charge in [0.05, 0.1) is 12.7 Å². The summed E-state index contributed by atoms with van der Waals surface area (Å²) in [7, 11) is -2.97. The van der Waals surface area contributed by atoms with Crippen molar-refractivity contribution in [1.29, 1.82) is 0 Å². The molecule has 0 aromatic heterocycles. The summed E-state index contributed by atoms with van der Waals surface area (Å²) in [6.07, 6.45) is -0.555. The van der Waals surface area contributed by atoms with Crippen molar-refractivity contribution >= 4 is 10.4 Å². The summed E-state index contributed by atoms with van der Waals surface area (Å²) in [4.78, 5) is 0. The molecule has 13 heavy (non-hydrogen) atoms. The Morgan fingerprint density at radius 3 is 2.69 bits per heavy atom. The number of rotatable bonds is 3. The van der Waals surface area contributed by atoms with Gasteiger partial charge in [-0.1, -0.05) is 0 Å².